The van der Waals surface area contributed by atoms with Crippen molar-refractivity contribution in [1.82, 2.24) is 34.1 Å². The summed E-state index contributed by atoms with van der Waals surface area (Å²) >= 11 is 6.81. The second kappa shape index (κ2) is 16.6. The number of methoxy groups -OCH3 is 1. The molecule has 4 heterocycles. The molecule has 0 radical (unpaired) electrons. The van der Waals surface area contributed by atoms with Crippen LogP contribution in [0.15, 0.2) is 77.7 Å². The maximum absolute atomic E-state index is 16.3. The summed E-state index contributed by atoms with van der Waals surface area (Å²) in [6.07, 6.45) is -5.49. The number of rotatable bonds is 15. The van der Waals surface area contributed by atoms with Crippen molar-refractivity contribution in [3.63, 3.8) is 0 Å². The van der Waals surface area contributed by atoms with Crippen molar-refractivity contribution >= 4 is 55.3 Å². The van der Waals surface area contributed by atoms with E-state index < -0.39 is 135 Å². The predicted molar refractivity (Wildman–Crippen MR) is 226 cm³/mol. The predicted octanol–water partition coefficient (Wildman–Crippen LogP) is 7.70. The number of fused-ring (bicyclic) bond motifs is 5. The van der Waals surface area contributed by atoms with Crippen LogP contribution in [0.25, 0.3) is 27.6 Å². The lowest BCUT2D eigenvalue weighted by Gasteiger charge is -2.30. The number of carbonyl (C=O) groups excluding carboxylic acids is 1. The Hall–Kier alpha value is -6.62. The number of halogens is 9. The fourth-order valence-corrected chi connectivity index (χ4v) is 10.1. The molecule has 1 amide bonds. The van der Waals surface area contributed by atoms with Crippen molar-refractivity contribution in [3.8, 4) is 11.4 Å². The summed E-state index contributed by atoms with van der Waals surface area (Å²) in [4.78, 5) is 37.9. The lowest BCUT2D eigenvalue weighted by atomic mass is 9.89. The largest absolute Gasteiger partial charge is 0.497 e. The molecule has 67 heavy (non-hydrogen) atoms. The van der Waals surface area contributed by atoms with Crippen molar-refractivity contribution in [2.75, 3.05) is 17.7 Å². The third-order valence-electron chi connectivity index (χ3n) is 11.9. The van der Waals surface area contributed by atoms with E-state index in [2.05, 4.69) is 20.2 Å². The minimum absolute atomic E-state index is 0.159. The Morgan fingerprint density at radius 3 is 2.34 bits per heavy atom. The number of carbonyl (C=O) groups is 1. The molecule has 9 rings (SSSR count). The number of ether oxygens (including phenoxy) is 1. The Kier molecular flexibility index (Phi) is 11.3. The van der Waals surface area contributed by atoms with Gasteiger partial charge in [0.1, 0.15) is 47.2 Å². The topological polar surface area (TPSA) is 173 Å². The van der Waals surface area contributed by atoms with Gasteiger partial charge in [-0.15, -0.1) is 0 Å². The number of amides is 1. The molecular formula is C43H34ClF8N9O5S. The van der Waals surface area contributed by atoms with Gasteiger partial charge in [-0.2, -0.15) is 19.0 Å². The average Bonchev–Trinajstić information content (AvgIpc) is 3.75. The van der Waals surface area contributed by atoms with Gasteiger partial charge in [0.05, 0.1) is 52.8 Å². The van der Waals surface area contributed by atoms with Crippen molar-refractivity contribution in [1.29, 1.82) is 0 Å². The third kappa shape index (κ3) is 7.89. The van der Waals surface area contributed by atoms with Gasteiger partial charge in [0.15, 0.2) is 11.5 Å². The Bertz CT molecular complexity index is 3290. The number of alkyl halides is 6. The smallest absolute Gasteiger partial charge is 0.293 e. The molecule has 0 bridgehead atoms. The van der Waals surface area contributed by atoms with E-state index in [4.69, 9.17) is 22.1 Å². The number of hydrogen-bond acceptors (Lipinski definition) is 9. The monoisotopic (exact) mass is 975 g/mol. The molecular weight excluding hydrogens is 942 g/mol. The number of hydrogen-bond donors (Lipinski definition) is 1. The fourth-order valence-electron chi connectivity index (χ4n) is 9.06. The molecule has 0 saturated heterocycles. The molecule has 4 aromatic heterocycles. The van der Waals surface area contributed by atoms with E-state index in [0.29, 0.717) is 26.7 Å². The van der Waals surface area contributed by atoms with Crippen LogP contribution in [0.2, 0.25) is 5.02 Å². The van der Waals surface area contributed by atoms with Crippen molar-refractivity contribution in [2.45, 2.75) is 62.6 Å². The Balaban J connectivity index is 1.36. The molecule has 1 saturated carbocycles. The number of pyridine rings is 1. The Morgan fingerprint density at radius 2 is 1.72 bits per heavy atom. The van der Waals surface area contributed by atoms with E-state index in [1.807, 2.05) is 0 Å². The zero-order valence-corrected chi connectivity index (χ0v) is 36.3. The first-order valence-electron chi connectivity index (χ1n) is 20.2. The lowest BCUT2D eigenvalue weighted by molar-refractivity contribution is -0.122. The van der Waals surface area contributed by atoms with Gasteiger partial charge in [-0.3, -0.25) is 18.8 Å². The van der Waals surface area contributed by atoms with Crippen LogP contribution in [0.1, 0.15) is 64.6 Å². The van der Waals surface area contributed by atoms with E-state index in [1.54, 1.807) is 24.3 Å². The summed E-state index contributed by atoms with van der Waals surface area (Å²) in [5, 5.41) is 7.39. The summed E-state index contributed by atoms with van der Waals surface area (Å²) in [5.41, 5.74) is 1.34. The van der Waals surface area contributed by atoms with E-state index in [0.717, 1.165) is 33.3 Å². The summed E-state index contributed by atoms with van der Waals surface area (Å²) in [6, 6.07) is 11.0. The van der Waals surface area contributed by atoms with Crippen molar-refractivity contribution < 1.29 is 53.1 Å². The molecule has 14 nitrogen and oxygen atoms in total. The minimum atomic E-state index is -4.35. The summed E-state index contributed by atoms with van der Waals surface area (Å²) < 4.78 is 156. The number of nitrogens with zero attached hydrogens (tertiary/aromatic N) is 8. The highest BCUT2D eigenvalue weighted by Crippen LogP contribution is 2.68. The van der Waals surface area contributed by atoms with Gasteiger partial charge >= 0.3 is 0 Å². The highest BCUT2D eigenvalue weighted by Gasteiger charge is 2.68. The normalized spacial score (nSPS) is 17.3. The quantitative estimate of drug-likeness (QED) is 0.101. The molecule has 24 heteroatoms. The molecule has 2 aliphatic rings. The second-order valence-corrected chi connectivity index (χ2v) is 18.5. The van der Waals surface area contributed by atoms with Gasteiger partial charge < -0.3 is 10.5 Å². The third-order valence-corrected chi connectivity index (χ3v) is 13.3. The van der Waals surface area contributed by atoms with E-state index >= 15 is 13.6 Å². The van der Waals surface area contributed by atoms with E-state index in [-0.39, 0.29) is 33.4 Å². The fraction of sp³-hybridized carbons (Fsp3) is 0.302. The zero-order chi connectivity index (χ0) is 48.0. The molecule has 1 fully saturated rings. The molecule has 1 unspecified atom stereocenters. The highest BCUT2D eigenvalue weighted by atomic mass is 35.5. The van der Waals surface area contributed by atoms with Gasteiger partial charge in [0.25, 0.3) is 24.3 Å². The van der Waals surface area contributed by atoms with Crippen LogP contribution in [-0.4, -0.2) is 68.2 Å². The van der Waals surface area contributed by atoms with Crippen LogP contribution < -0.4 is 20.3 Å². The average molecular weight is 976 g/mol. The van der Waals surface area contributed by atoms with Crippen LogP contribution in [-0.2, 0) is 40.3 Å². The molecule has 3 aromatic carbocycles. The summed E-state index contributed by atoms with van der Waals surface area (Å²) in [6.45, 7) is -1.66. The highest BCUT2D eigenvalue weighted by molar-refractivity contribution is 7.92. The molecule has 350 valence electrons. The molecule has 7 aromatic rings. The Morgan fingerprint density at radius 1 is 1.01 bits per heavy atom. The van der Waals surface area contributed by atoms with Crippen LogP contribution in [0.4, 0.5) is 40.9 Å². The van der Waals surface area contributed by atoms with Crippen LogP contribution >= 0.6 is 11.6 Å². The van der Waals surface area contributed by atoms with Gasteiger partial charge in [-0.25, -0.2) is 53.7 Å². The maximum atomic E-state index is 16.3. The van der Waals surface area contributed by atoms with Gasteiger partial charge in [-0.05, 0) is 78.4 Å². The van der Waals surface area contributed by atoms with Crippen LogP contribution in [0, 0.1) is 17.6 Å². The molecule has 0 aliphatic heterocycles. The number of nitrogens with two attached hydrogens (primary N) is 1. The first-order valence-corrected chi connectivity index (χ1v) is 22.4. The molecule has 0 spiro atoms. The molecule has 4 atom stereocenters. The number of benzene rings is 3. The van der Waals surface area contributed by atoms with Crippen molar-refractivity contribution in [3.05, 3.63) is 134 Å². The van der Waals surface area contributed by atoms with Crippen LogP contribution in [0.3, 0.4) is 0 Å². The standard InChI is InChI=1S/C43H34ClF8N9O5S/c1-66-23-7-5-19(6-8-23)17-59(67(2,64)65)41-32-28(44)9-10-29(35(32)58(57-41)18-30(47)48)60-40(55-39-24(42(60)63)4-3-11-54-39)26(14-20-12-21(45)15-22(46)13-20)34(38(53)62)61-36-31(33(56-61)37(49)50)25-16-27(25)43(36,51)52/h3-13,15,25-27,30,34,37H,14,16-18H2,1-2H3,(H2,53,62)/t25-,26-,27+,34?/m0/s1. The first kappa shape index (κ1) is 45.5. The molecule has 2 aliphatic carbocycles. The first-order chi connectivity index (χ1) is 31.7. The SMILES string of the molecule is COc1ccc(CN(c2nn(CC(F)F)c3c(-n4c([C@@H](Cc5cc(F)cc(F)c5)C(C(N)=O)n5nc(C(F)F)c6c5C(F)(F)[C@@H]5C[C@H]65)nc5ncccc5c4=O)ccc(Cl)c23)S(C)(=O)=O)cc1. The van der Waals surface area contributed by atoms with Gasteiger partial charge in [0.2, 0.25) is 15.9 Å². The maximum Gasteiger partial charge on any atom is 0.293 e. The van der Waals surface area contributed by atoms with Crippen molar-refractivity contribution in [2.24, 2.45) is 11.7 Å². The van der Waals surface area contributed by atoms with E-state index in [9.17, 15) is 39.6 Å². The van der Waals surface area contributed by atoms with Crippen LogP contribution in [0.5, 0.6) is 5.75 Å². The minimum Gasteiger partial charge on any atom is -0.497 e. The zero-order valence-electron chi connectivity index (χ0n) is 34.7. The second-order valence-electron chi connectivity index (χ2n) is 16.2. The van der Waals surface area contributed by atoms with Gasteiger partial charge in [0, 0.05) is 23.7 Å². The number of anilines is 1. The summed E-state index contributed by atoms with van der Waals surface area (Å²) in [7, 11) is -2.93. The lowest BCUT2D eigenvalue weighted by Crippen LogP contribution is -2.39. The Labute approximate surface area is 378 Å². The number of aromatic nitrogens is 7. The molecule has 2 N–H and O–H groups in total. The number of sulfonamides is 1. The summed E-state index contributed by atoms with van der Waals surface area (Å²) in [5.74, 6) is -12.7. The number of primary amides is 1. The van der Waals surface area contributed by atoms with Gasteiger partial charge in [-0.1, -0.05) is 23.7 Å². The van der Waals surface area contributed by atoms with E-state index in [1.165, 1.54) is 31.5 Å².